The molecule has 4 rings (SSSR count). The van der Waals surface area contributed by atoms with Gasteiger partial charge in [-0.25, -0.2) is 4.79 Å². The van der Waals surface area contributed by atoms with E-state index in [2.05, 4.69) is 26.6 Å². The molecule has 1 atom stereocenters. The minimum atomic E-state index is -0.179. The summed E-state index contributed by atoms with van der Waals surface area (Å²) in [4.78, 5) is 19.1. The van der Waals surface area contributed by atoms with Gasteiger partial charge in [-0.05, 0) is 69.1 Å². The average molecular weight is 395 g/mol. The van der Waals surface area contributed by atoms with E-state index in [1.807, 2.05) is 30.3 Å². The third-order valence-corrected chi connectivity index (χ3v) is 5.66. The molecule has 1 fully saturated rings. The minimum absolute atomic E-state index is 0.0600. The number of rotatable bonds is 7. The number of benzene rings is 1. The van der Waals surface area contributed by atoms with Crippen molar-refractivity contribution in [2.75, 3.05) is 31.5 Å². The van der Waals surface area contributed by atoms with E-state index < -0.39 is 0 Å². The van der Waals surface area contributed by atoms with E-state index in [4.69, 9.17) is 4.74 Å². The van der Waals surface area contributed by atoms with Gasteiger partial charge in [0.15, 0.2) is 0 Å². The SMILES string of the molecule is O=C(NCCCCN1CCCCC1)Nc1ccc(C2Cc3ccccc3O2)nc1. The first-order chi connectivity index (χ1) is 14.3. The third kappa shape index (κ3) is 5.48. The molecule has 0 aliphatic carbocycles. The van der Waals surface area contributed by atoms with E-state index in [0.717, 1.165) is 37.3 Å². The fraction of sp³-hybridized carbons (Fsp3) is 0.478. The number of nitrogens with zero attached hydrogens (tertiary/aromatic N) is 2. The Morgan fingerprint density at radius 2 is 1.97 bits per heavy atom. The van der Waals surface area contributed by atoms with Crippen LogP contribution < -0.4 is 15.4 Å². The van der Waals surface area contributed by atoms with E-state index in [9.17, 15) is 4.79 Å². The van der Waals surface area contributed by atoms with Crippen LogP contribution in [0.5, 0.6) is 5.75 Å². The fourth-order valence-corrected chi connectivity index (χ4v) is 4.04. The van der Waals surface area contributed by atoms with Crippen molar-refractivity contribution < 1.29 is 9.53 Å². The maximum atomic E-state index is 12.1. The summed E-state index contributed by atoms with van der Waals surface area (Å²) >= 11 is 0. The molecule has 0 spiro atoms. The molecule has 6 nitrogen and oxygen atoms in total. The van der Waals surface area contributed by atoms with Crippen molar-refractivity contribution in [3.8, 4) is 5.75 Å². The molecule has 1 aromatic heterocycles. The Balaban J connectivity index is 1.16. The Hall–Kier alpha value is -2.60. The molecule has 1 aromatic carbocycles. The van der Waals surface area contributed by atoms with E-state index in [0.29, 0.717) is 12.2 Å². The molecule has 29 heavy (non-hydrogen) atoms. The Morgan fingerprint density at radius 1 is 1.10 bits per heavy atom. The molecule has 6 heteroatoms. The Bertz CT molecular complexity index is 778. The van der Waals surface area contributed by atoms with Crippen LogP contribution in [0, 0.1) is 0 Å². The lowest BCUT2D eigenvalue weighted by Gasteiger charge is -2.26. The summed E-state index contributed by atoms with van der Waals surface area (Å²) in [5, 5.41) is 5.78. The maximum absolute atomic E-state index is 12.1. The van der Waals surface area contributed by atoms with Crippen molar-refractivity contribution in [3.63, 3.8) is 0 Å². The molecule has 2 aliphatic heterocycles. The van der Waals surface area contributed by atoms with Gasteiger partial charge >= 0.3 is 6.03 Å². The van der Waals surface area contributed by atoms with Crippen molar-refractivity contribution in [1.82, 2.24) is 15.2 Å². The summed E-state index contributed by atoms with van der Waals surface area (Å²) in [6.45, 7) is 4.30. The van der Waals surface area contributed by atoms with Crippen LogP contribution in [-0.2, 0) is 6.42 Å². The Labute approximate surface area is 172 Å². The second-order valence-corrected chi connectivity index (χ2v) is 7.88. The van der Waals surface area contributed by atoms with E-state index in [1.165, 1.54) is 37.9 Å². The van der Waals surface area contributed by atoms with Gasteiger partial charge in [-0.3, -0.25) is 4.98 Å². The summed E-state index contributed by atoms with van der Waals surface area (Å²) in [7, 11) is 0. The van der Waals surface area contributed by atoms with E-state index in [-0.39, 0.29) is 12.1 Å². The van der Waals surface area contributed by atoms with Crippen molar-refractivity contribution in [1.29, 1.82) is 0 Å². The summed E-state index contributed by atoms with van der Waals surface area (Å²) < 4.78 is 5.97. The first kappa shape index (κ1) is 19.7. The van der Waals surface area contributed by atoms with Crippen LogP contribution in [-0.4, -0.2) is 42.1 Å². The van der Waals surface area contributed by atoms with Crippen molar-refractivity contribution in [2.45, 2.75) is 44.6 Å². The third-order valence-electron chi connectivity index (χ3n) is 5.66. The lowest BCUT2D eigenvalue weighted by Crippen LogP contribution is -2.32. The number of fused-ring (bicyclic) bond motifs is 1. The molecular formula is C23H30N4O2. The van der Waals surface area contributed by atoms with Gasteiger partial charge in [0.2, 0.25) is 0 Å². The van der Waals surface area contributed by atoms with Gasteiger partial charge in [0.25, 0.3) is 0 Å². The van der Waals surface area contributed by atoms with Crippen LogP contribution in [0.3, 0.4) is 0 Å². The number of carbonyl (C=O) groups is 1. The quantitative estimate of drug-likeness (QED) is 0.693. The molecule has 0 radical (unpaired) electrons. The minimum Gasteiger partial charge on any atom is -0.483 e. The highest BCUT2D eigenvalue weighted by Gasteiger charge is 2.24. The smallest absolute Gasteiger partial charge is 0.319 e. The van der Waals surface area contributed by atoms with Crippen LogP contribution in [0.1, 0.15) is 49.5 Å². The second kappa shape index (κ2) is 9.74. The van der Waals surface area contributed by atoms with Gasteiger partial charge in [-0.1, -0.05) is 24.6 Å². The predicted molar refractivity (Wildman–Crippen MR) is 114 cm³/mol. The zero-order chi connectivity index (χ0) is 19.9. The number of anilines is 1. The molecule has 2 N–H and O–H groups in total. The molecule has 2 amide bonds. The number of piperidine rings is 1. The van der Waals surface area contributed by atoms with Crippen LogP contribution in [0.25, 0.3) is 0 Å². The Morgan fingerprint density at radius 3 is 2.76 bits per heavy atom. The van der Waals surface area contributed by atoms with Gasteiger partial charge in [-0.2, -0.15) is 0 Å². The van der Waals surface area contributed by atoms with Crippen LogP contribution in [0.15, 0.2) is 42.6 Å². The average Bonchev–Trinajstić information content (AvgIpc) is 3.19. The summed E-state index contributed by atoms with van der Waals surface area (Å²) in [5.74, 6) is 0.932. The van der Waals surface area contributed by atoms with Gasteiger partial charge in [0.1, 0.15) is 11.9 Å². The van der Waals surface area contributed by atoms with Crippen LogP contribution in [0.2, 0.25) is 0 Å². The number of hydrogen-bond acceptors (Lipinski definition) is 4. The normalized spacial score (nSPS) is 18.7. The molecule has 3 heterocycles. The molecule has 2 aromatic rings. The molecular weight excluding hydrogens is 364 g/mol. The summed E-state index contributed by atoms with van der Waals surface area (Å²) in [6.07, 6.45) is 8.61. The fourth-order valence-electron chi connectivity index (χ4n) is 4.04. The number of aromatic nitrogens is 1. The number of amides is 2. The Kier molecular flexibility index (Phi) is 6.62. The van der Waals surface area contributed by atoms with E-state index >= 15 is 0 Å². The van der Waals surface area contributed by atoms with Crippen LogP contribution in [0.4, 0.5) is 10.5 Å². The molecule has 0 bridgehead atoms. The number of unbranched alkanes of at least 4 members (excludes halogenated alkanes) is 1. The van der Waals surface area contributed by atoms with E-state index in [1.54, 1.807) is 6.20 Å². The number of likely N-dealkylation sites (tertiary alicyclic amines) is 1. The maximum Gasteiger partial charge on any atom is 0.319 e. The monoisotopic (exact) mass is 394 g/mol. The summed E-state index contributed by atoms with van der Waals surface area (Å²) in [5.41, 5.74) is 2.78. The summed E-state index contributed by atoms with van der Waals surface area (Å²) in [6, 6.07) is 11.7. The first-order valence-electron chi connectivity index (χ1n) is 10.8. The van der Waals surface area contributed by atoms with Crippen molar-refractivity contribution in [2.24, 2.45) is 0 Å². The number of hydrogen-bond donors (Lipinski definition) is 2. The number of urea groups is 1. The largest absolute Gasteiger partial charge is 0.483 e. The second-order valence-electron chi connectivity index (χ2n) is 7.88. The molecule has 1 saturated heterocycles. The number of pyridine rings is 1. The number of para-hydroxylation sites is 1. The molecule has 0 saturated carbocycles. The number of carbonyl (C=O) groups excluding carboxylic acids is 1. The van der Waals surface area contributed by atoms with Gasteiger partial charge in [-0.15, -0.1) is 0 Å². The highest BCUT2D eigenvalue weighted by atomic mass is 16.5. The lowest BCUT2D eigenvalue weighted by atomic mass is 10.1. The zero-order valence-electron chi connectivity index (χ0n) is 16.9. The highest BCUT2D eigenvalue weighted by Crippen LogP contribution is 2.35. The number of nitrogens with one attached hydrogen (secondary N) is 2. The molecule has 1 unspecified atom stereocenters. The molecule has 2 aliphatic rings. The van der Waals surface area contributed by atoms with Crippen molar-refractivity contribution >= 4 is 11.7 Å². The van der Waals surface area contributed by atoms with Gasteiger partial charge in [0, 0.05) is 13.0 Å². The van der Waals surface area contributed by atoms with Gasteiger partial charge in [0.05, 0.1) is 17.6 Å². The predicted octanol–water partition coefficient (Wildman–Crippen LogP) is 4.15. The molecule has 154 valence electrons. The van der Waals surface area contributed by atoms with Gasteiger partial charge < -0.3 is 20.3 Å². The highest BCUT2D eigenvalue weighted by molar-refractivity contribution is 5.88. The standard InChI is InChI=1S/C23H30N4O2/c28-23(24-12-4-7-15-27-13-5-1-6-14-27)26-19-10-11-20(25-17-19)22-16-18-8-2-3-9-21(18)29-22/h2-3,8-11,17,22H,1,4-7,12-16H2,(H2,24,26,28). The lowest BCUT2D eigenvalue weighted by molar-refractivity contribution is 0.224. The number of ether oxygens (including phenoxy) is 1. The first-order valence-corrected chi connectivity index (χ1v) is 10.8. The topological polar surface area (TPSA) is 66.5 Å². The zero-order valence-corrected chi connectivity index (χ0v) is 16.9. The van der Waals surface area contributed by atoms with Crippen molar-refractivity contribution in [3.05, 3.63) is 53.9 Å². The van der Waals surface area contributed by atoms with Crippen LogP contribution >= 0.6 is 0 Å².